The molecular weight excluding hydrogens is 699 g/mol. The summed E-state index contributed by atoms with van der Waals surface area (Å²) in [5.74, 6) is 1.81. The molecule has 0 atom stereocenters. The zero-order valence-electron chi connectivity index (χ0n) is 30.5. The van der Waals surface area contributed by atoms with Crippen LogP contribution in [-0.2, 0) is 0 Å². The van der Waals surface area contributed by atoms with Crippen molar-refractivity contribution in [2.24, 2.45) is 0 Å². The first kappa shape index (κ1) is 31.5. The highest BCUT2D eigenvalue weighted by atomic mass is 16.3. The molecule has 0 saturated heterocycles. The van der Waals surface area contributed by atoms with Gasteiger partial charge in [-0.25, -0.2) is 15.0 Å². The van der Waals surface area contributed by atoms with E-state index < -0.39 is 0 Å². The molecular formula is C51H31N5O. The molecule has 0 aliphatic carbocycles. The Morgan fingerprint density at radius 2 is 0.860 bits per heavy atom. The molecule has 0 saturated carbocycles. The van der Waals surface area contributed by atoms with Crippen molar-refractivity contribution in [1.82, 2.24) is 24.1 Å². The summed E-state index contributed by atoms with van der Waals surface area (Å²) in [7, 11) is 0. The van der Waals surface area contributed by atoms with Crippen LogP contribution in [0.5, 0.6) is 0 Å². The van der Waals surface area contributed by atoms with E-state index in [0.717, 1.165) is 55.5 Å². The van der Waals surface area contributed by atoms with Gasteiger partial charge in [0.05, 0.1) is 22.1 Å². The number of nitrogens with zero attached hydrogens (tertiary/aromatic N) is 5. The lowest BCUT2D eigenvalue weighted by atomic mass is 10.1. The van der Waals surface area contributed by atoms with Crippen LogP contribution in [0.25, 0.3) is 111 Å². The average Bonchev–Trinajstić information content (AvgIpc) is 3.94. The molecule has 0 aliphatic heterocycles. The summed E-state index contributed by atoms with van der Waals surface area (Å²) in [6.07, 6.45) is 0. The van der Waals surface area contributed by atoms with Crippen LogP contribution in [0, 0.1) is 0 Å². The number of benzene rings is 8. The molecule has 0 fully saturated rings. The number of hydrogen-bond donors (Lipinski definition) is 0. The third kappa shape index (κ3) is 4.87. The molecule has 4 aromatic heterocycles. The van der Waals surface area contributed by atoms with E-state index in [1.807, 2.05) is 54.6 Å². The van der Waals surface area contributed by atoms with Crippen LogP contribution in [-0.4, -0.2) is 24.1 Å². The Bertz CT molecular complexity index is 3510. The van der Waals surface area contributed by atoms with E-state index in [4.69, 9.17) is 19.4 Å². The molecule has 0 spiro atoms. The fraction of sp³-hybridized carbons (Fsp3) is 0. The molecule has 266 valence electrons. The zero-order valence-corrected chi connectivity index (χ0v) is 30.5. The minimum atomic E-state index is 0.588. The number of para-hydroxylation sites is 4. The Kier molecular flexibility index (Phi) is 6.83. The van der Waals surface area contributed by atoms with Crippen molar-refractivity contribution < 1.29 is 4.42 Å². The van der Waals surface area contributed by atoms with Gasteiger partial charge < -0.3 is 13.6 Å². The molecule has 0 amide bonds. The van der Waals surface area contributed by atoms with E-state index in [1.165, 1.54) is 38.1 Å². The second-order valence-corrected chi connectivity index (χ2v) is 14.4. The van der Waals surface area contributed by atoms with E-state index in [9.17, 15) is 0 Å². The standard InChI is InChI=1S/C51H31N5O/c1-3-13-32(14-4-1)49-52-50(54-51(53-49)34-25-28-39-38-18-9-12-22-45(38)57-46(39)31-34)33-23-26-36(27-24-33)56-42-20-10-7-17-37(42)40-29-30-44-47(48(40)56)41-19-8-11-21-43(41)55(44)35-15-5-2-6-16-35/h1-31H. The largest absolute Gasteiger partial charge is 0.456 e. The first-order valence-corrected chi connectivity index (χ1v) is 19.1. The number of aromatic nitrogens is 5. The molecule has 6 nitrogen and oxygen atoms in total. The van der Waals surface area contributed by atoms with Gasteiger partial charge in [0.1, 0.15) is 11.2 Å². The van der Waals surface area contributed by atoms with Crippen molar-refractivity contribution >= 4 is 65.6 Å². The van der Waals surface area contributed by atoms with Crippen molar-refractivity contribution in [3.05, 3.63) is 188 Å². The van der Waals surface area contributed by atoms with Gasteiger partial charge in [0.15, 0.2) is 17.5 Å². The van der Waals surface area contributed by atoms with Crippen LogP contribution in [0.4, 0.5) is 0 Å². The summed E-state index contributed by atoms with van der Waals surface area (Å²) < 4.78 is 11.0. The lowest BCUT2D eigenvalue weighted by Crippen LogP contribution is -2.00. The molecule has 6 heteroatoms. The smallest absolute Gasteiger partial charge is 0.164 e. The van der Waals surface area contributed by atoms with E-state index >= 15 is 0 Å². The Hall–Kier alpha value is -7.83. The number of hydrogen-bond acceptors (Lipinski definition) is 4. The molecule has 57 heavy (non-hydrogen) atoms. The van der Waals surface area contributed by atoms with Crippen molar-refractivity contribution in [1.29, 1.82) is 0 Å². The lowest BCUT2D eigenvalue weighted by Gasteiger charge is -2.12. The van der Waals surface area contributed by atoms with Crippen molar-refractivity contribution in [3.63, 3.8) is 0 Å². The van der Waals surface area contributed by atoms with Crippen molar-refractivity contribution in [3.8, 4) is 45.5 Å². The molecule has 8 aromatic carbocycles. The number of furan rings is 1. The maximum atomic E-state index is 6.25. The topological polar surface area (TPSA) is 61.7 Å². The Morgan fingerprint density at radius 3 is 1.61 bits per heavy atom. The zero-order chi connectivity index (χ0) is 37.5. The second-order valence-electron chi connectivity index (χ2n) is 14.4. The highest BCUT2D eigenvalue weighted by Crippen LogP contribution is 2.42. The molecule has 12 aromatic rings. The number of rotatable bonds is 5. The van der Waals surface area contributed by atoms with Gasteiger partial charge in [-0.1, -0.05) is 115 Å². The SMILES string of the molecule is c1ccc(-c2nc(-c3ccc(-n4c5ccccc5c5ccc6c(c7ccccc7n6-c6ccccc6)c54)cc3)nc(-c3ccc4c(c3)oc3ccccc34)n2)cc1. The molecule has 4 heterocycles. The van der Waals surface area contributed by atoms with Gasteiger partial charge in [-0.2, -0.15) is 0 Å². The third-order valence-electron chi connectivity index (χ3n) is 11.2. The monoisotopic (exact) mass is 729 g/mol. The van der Waals surface area contributed by atoms with Gasteiger partial charge >= 0.3 is 0 Å². The number of fused-ring (bicyclic) bond motifs is 10. The molecule has 12 rings (SSSR count). The molecule has 0 aliphatic rings. The van der Waals surface area contributed by atoms with Crippen LogP contribution in [0.15, 0.2) is 192 Å². The van der Waals surface area contributed by atoms with Gasteiger partial charge in [-0.3, -0.25) is 0 Å². The predicted molar refractivity (Wildman–Crippen MR) is 232 cm³/mol. The summed E-state index contributed by atoms with van der Waals surface area (Å²) in [5, 5.41) is 7.03. The van der Waals surface area contributed by atoms with E-state index in [2.05, 4.69) is 143 Å². The first-order valence-electron chi connectivity index (χ1n) is 19.1. The van der Waals surface area contributed by atoms with Crippen LogP contribution >= 0.6 is 0 Å². The molecule has 0 N–H and O–H groups in total. The molecule has 0 radical (unpaired) electrons. The Balaban J connectivity index is 1.04. The molecule has 0 unspecified atom stereocenters. The quantitative estimate of drug-likeness (QED) is 0.177. The maximum Gasteiger partial charge on any atom is 0.164 e. The average molecular weight is 730 g/mol. The van der Waals surface area contributed by atoms with E-state index in [0.29, 0.717) is 17.5 Å². The summed E-state index contributed by atoms with van der Waals surface area (Å²) in [5.41, 5.74) is 11.2. The fourth-order valence-electron chi connectivity index (χ4n) is 8.61. The normalized spacial score (nSPS) is 11.9. The van der Waals surface area contributed by atoms with Crippen LogP contribution in [0.3, 0.4) is 0 Å². The minimum Gasteiger partial charge on any atom is -0.456 e. The second kappa shape index (κ2) is 12.3. The highest BCUT2D eigenvalue weighted by Gasteiger charge is 2.21. The van der Waals surface area contributed by atoms with Gasteiger partial charge in [0.25, 0.3) is 0 Å². The van der Waals surface area contributed by atoms with Gasteiger partial charge in [-0.05, 0) is 72.8 Å². The van der Waals surface area contributed by atoms with E-state index in [-0.39, 0.29) is 0 Å². The summed E-state index contributed by atoms with van der Waals surface area (Å²) in [6, 6.07) is 65.6. The van der Waals surface area contributed by atoms with Crippen molar-refractivity contribution in [2.45, 2.75) is 0 Å². The molecule has 0 bridgehead atoms. The van der Waals surface area contributed by atoms with Gasteiger partial charge in [-0.15, -0.1) is 0 Å². The van der Waals surface area contributed by atoms with Crippen LogP contribution in [0.1, 0.15) is 0 Å². The summed E-state index contributed by atoms with van der Waals surface area (Å²) >= 11 is 0. The Morgan fingerprint density at radius 1 is 0.333 bits per heavy atom. The fourth-order valence-corrected chi connectivity index (χ4v) is 8.61. The van der Waals surface area contributed by atoms with E-state index in [1.54, 1.807) is 0 Å². The summed E-state index contributed by atoms with van der Waals surface area (Å²) in [6.45, 7) is 0. The van der Waals surface area contributed by atoms with Crippen molar-refractivity contribution in [2.75, 3.05) is 0 Å². The lowest BCUT2D eigenvalue weighted by molar-refractivity contribution is 0.669. The Labute approximate surface area is 326 Å². The third-order valence-corrected chi connectivity index (χ3v) is 11.2. The van der Waals surface area contributed by atoms with Crippen LogP contribution < -0.4 is 0 Å². The summed E-state index contributed by atoms with van der Waals surface area (Å²) in [4.78, 5) is 15.1. The maximum absolute atomic E-state index is 6.25. The highest BCUT2D eigenvalue weighted by molar-refractivity contribution is 6.26. The first-order chi connectivity index (χ1) is 28.3. The van der Waals surface area contributed by atoms with Gasteiger partial charge in [0.2, 0.25) is 0 Å². The predicted octanol–water partition coefficient (Wildman–Crippen LogP) is 13.0. The minimum absolute atomic E-state index is 0.588. The van der Waals surface area contributed by atoms with Crippen LogP contribution in [0.2, 0.25) is 0 Å². The van der Waals surface area contributed by atoms with Gasteiger partial charge in [0, 0.05) is 60.4 Å².